The molecule has 0 aliphatic rings. The van der Waals surface area contributed by atoms with Gasteiger partial charge >= 0.3 is 0 Å². The molecule has 0 bridgehead atoms. The highest BCUT2D eigenvalue weighted by molar-refractivity contribution is 9.10. The molecule has 13 heavy (non-hydrogen) atoms. The fourth-order valence-corrected chi connectivity index (χ4v) is 1.38. The van der Waals surface area contributed by atoms with Crippen LogP contribution in [0.3, 0.4) is 0 Å². The van der Waals surface area contributed by atoms with Crippen LogP contribution in [0.5, 0.6) is 0 Å². The second-order valence-corrected chi connectivity index (χ2v) is 3.50. The van der Waals surface area contributed by atoms with Gasteiger partial charge in [-0.25, -0.2) is 0 Å². The van der Waals surface area contributed by atoms with E-state index in [1.165, 1.54) is 0 Å². The van der Waals surface area contributed by atoms with E-state index in [1.807, 2.05) is 36.3 Å². The van der Waals surface area contributed by atoms with Crippen molar-refractivity contribution in [2.45, 2.75) is 13.8 Å². The van der Waals surface area contributed by atoms with Gasteiger partial charge < -0.3 is 0 Å². The van der Waals surface area contributed by atoms with E-state index in [2.05, 4.69) is 22.9 Å². The third kappa shape index (κ3) is 3.01. The second-order valence-electron chi connectivity index (χ2n) is 2.59. The minimum atomic E-state index is 0.698. The third-order valence-electron chi connectivity index (χ3n) is 1.69. The van der Waals surface area contributed by atoms with Gasteiger partial charge in [-0.05, 0) is 38.1 Å². The van der Waals surface area contributed by atoms with Crippen LogP contribution < -0.4 is 5.06 Å². The van der Waals surface area contributed by atoms with Crippen molar-refractivity contribution in [3.05, 3.63) is 28.7 Å². The molecule has 0 unspecified atom stereocenters. The van der Waals surface area contributed by atoms with Crippen molar-refractivity contribution in [2.24, 2.45) is 0 Å². The van der Waals surface area contributed by atoms with E-state index in [0.29, 0.717) is 6.61 Å². The van der Waals surface area contributed by atoms with Gasteiger partial charge in [0.2, 0.25) is 0 Å². The molecule has 0 aromatic heterocycles. The lowest BCUT2D eigenvalue weighted by atomic mass is 10.3. The molecule has 1 rings (SSSR count). The topological polar surface area (TPSA) is 12.5 Å². The molecular formula is C10H14BrNO. The first-order valence-corrected chi connectivity index (χ1v) is 5.23. The Bertz CT molecular complexity index is 248. The Kier molecular flexibility index (Phi) is 4.25. The lowest BCUT2D eigenvalue weighted by Crippen LogP contribution is -2.22. The molecule has 0 fully saturated rings. The quantitative estimate of drug-likeness (QED) is 0.754. The van der Waals surface area contributed by atoms with Gasteiger partial charge in [0, 0.05) is 11.0 Å². The van der Waals surface area contributed by atoms with Crippen LogP contribution in [0, 0.1) is 0 Å². The fourth-order valence-electron chi connectivity index (χ4n) is 1.11. The molecule has 0 aliphatic carbocycles. The average Bonchev–Trinajstić information content (AvgIpc) is 2.16. The van der Waals surface area contributed by atoms with Gasteiger partial charge in [-0.15, -0.1) is 0 Å². The predicted octanol–water partition coefficient (Wildman–Crippen LogP) is 3.23. The third-order valence-corrected chi connectivity index (χ3v) is 2.22. The maximum atomic E-state index is 5.44. The normalized spacial score (nSPS) is 10.1. The largest absolute Gasteiger partial charge is 0.274 e. The predicted molar refractivity (Wildman–Crippen MR) is 58.8 cm³/mol. The van der Waals surface area contributed by atoms with E-state index in [-0.39, 0.29) is 0 Å². The number of hydrogen-bond acceptors (Lipinski definition) is 2. The van der Waals surface area contributed by atoms with Crippen molar-refractivity contribution in [1.82, 2.24) is 0 Å². The van der Waals surface area contributed by atoms with Crippen molar-refractivity contribution < 1.29 is 4.84 Å². The van der Waals surface area contributed by atoms with Crippen LogP contribution >= 0.6 is 15.9 Å². The molecule has 72 valence electrons. The molecule has 0 saturated heterocycles. The minimum Gasteiger partial charge on any atom is -0.274 e. The summed E-state index contributed by atoms with van der Waals surface area (Å²) in [6.07, 6.45) is 0. The second kappa shape index (κ2) is 5.25. The summed E-state index contributed by atoms with van der Waals surface area (Å²) in [6.45, 7) is 5.61. The van der Waals surface area contributed by atoms with E-state index < -0.39 is 0 Å². The molecule has 0 aliphatic heterocycles. The van der Waals surface area contributed by atoms with Crippen LogP contribution in [-0.2, 0) is 4.84 Å². The van der Waals surface area contributed by atoms with Crippen molar-refractivity contribution >= 4 is 21.6 Å². The molecule has 0 atom stereocenters. The lowest BCUT2D eigenvalue weighted by molar-refractivity contribution is 0.123. The number of benzene rings is 1. The van der Waals surface area contributed by atoms with Gasteiger partial charge in [0.1, 0.15) is 0 Å². The summed E-state index contributed by atoms with van der Waals surface area (Å²) in [6, 6.07) is 8.08. The van der Waals surface area contributed by atoms with Crippen LogP contribution in [0.4, 0.5) is 5.69 Å². The molecule has 0 amide bonds. The molecule has 1 aromatic rings. The Morgan fingerprint density at radius 2 is 1.85 bits per heavy atom. The first kappa shape index (κ1) is 10.5. The van der Waals surface area contributed by atoms with Gasteiger partial charge in [-0.1, -0.05) is 15.9 Å². The highest BCUT2D eigenvalue weighted by Crippen LogP contribution is 2.18. The Morgan fingerprint density at radius 3 is 2.31 bits per heavy atom. The summed E-state index contributed by atoms with van der Waals surface area (Å²) in [5.74, 6) is 0. The zero-order valence-corrected chi connectivity index (χ0v) is 9.54. The van der Waals surface area contributed by atoms with Crippen LogP contribution in [0.2, 0.25) is 0 Å². The zero-order chi connectivity index (χ0) is 9.68. The molecule has 3 heteroatoms. The highest BCUT2D eigenvalue weighted by Gasteiger charge is 2.02. The number of hydroxylamine groups is 1. The van der Waals surface area contributed by atoms with E-state index in [0.717, 1.165) is 16.7 Å². The number of halogens is 1. The monoisotopic (exact) mass is 243 g/mol. The van der Waals surface area contributed by atoms with E-state index in [9.17, 15) is 0 Å². The van der Waals surface area contributed by atoms with Crippen molar-refractivity contribution in [1.29, 1.82) is 0 Å². The van der Waals surface area contributed by atoms with Crippen molar-refractivity contribution in [3.63, 3.8) is 0 Å². The van der Waals surface area contributed by atoms with E-state index in [4.69, 9.17) is 4.84 Å². The molecule has 0 saturated carbocycles. The standard InChI is InChI=1S/C10H14BrNO/c1-3-12(13-4-2)10-7-5-9(11)6-8-10/h5-8H,3-4H2,1-2H3. The maximum Gasteiger partial charge on any atom is 0.0720 e. The van der Waals surface area contributed by atoms with Gasteiger partial charge in [0.25, 0.3) is 0 Å². The number of nitrogens with zero attached hydrogens (tertiary/aromatic N) is 1. The van der Waals surface area contributed by atoms with E-state index >= 15 is 0 Å². The van der Waals surface area contributed by atoms with E-state index in [1.54, 1.807) is 0 Å². The number of hydrogen-bond donors (Lipinski definition) is 0. The van der Waals surface area contributed by atoms with Gasteiger partial charge in [-0.3, -0.25) is 9.90 Å². The zero-order valence-electron chi connectivity index (χ0n) is 7.96. The summed E-state index contributed by atoms with van der Waals surface area (Å²) < 4.78 is 1.09. The van der Waals surface area contributed by atoms with Crippen LogP contribution in [0.1, 0.15) is 13.8 Å². The molecule has 0 heterocycles. The first-order valence-electron chi connectivity index (χ1n) is 4.44. The average molecular weight is 244 g/mol. The highest BCUT2D eigenvalue weighted by atomic mass is 79.9. The molecule has 0 N–H and O–H groups in total. The summed E-state index contributed by atoms with van der Waals surface area (Å²) in [7, 11) is 0. The Balaban J connectivity index is 2.73. The summed E-state index contributed by atoms with van der Waals surface area (Å²) in [5.41, 5.74) is 1.09. The molecule has 0 radical (unpaired) electrons. The molecular weight excluding hydrogens is 230 g/mol. The number of anilines is 1. The van der Waals surface area contributed by atoms with Crippen LogP contribution in [-0.4, -0.2) is 13.2 Å². The molecule has 0 spiro atoms. The van der Waals surface area contributed by atoms with Gasteiger partial charge in [0.15, 0.2) is 0 Å². The summed E-state index contributed by atoms with van der Waals surface area (Å²) in [4.78, 5) is 5.44. The van der Waals surface area contributed by atoms with Crippen LogP contribution in [0.15, 0.2) is 28.7 Å². The number of rotatable bonds is 4. The molecule has 1 aromatic carbocycles. The smallest absolute Gasteiger partial charge is 0.0720 e. The lowest BCUT2D eigenvalue weighted by Gasteiger charge is -2.21. The van der Waals surface area contributed by atoms with Crippen molar-refractivity contribution in [2.75, 3.05) is 18.2 Å². The maximum absolute atomic E-state index is 5.44. The first-order chi connectivity index (χ1) is 6.27. The Morgan fingerprint density at radius 1 is 1.23 bits per heavy atom. The summed E-state index contributed by atoms with van der Waals surface area (Å²) in [5, 5.41) is 1.88. The van der Waals surface area contributed by atoms with Gasteiger partial charge in [-0.2, -0.15) is 0 Å². The van der Waals surface area contributed by atoms with Crippen molar-refractivity contribution in [3.8, 4) is 0 Å². The Hall–Kier alpha value is -0.540. The SMILES string of the molecule is CCON(CC)c1ccc(Br)cc1. The minimum absolute atomic E-state index is 0.698. The summed E-state index contributed by atoms with van der Waals surface area (Å²) >= 11 is 3.40. The van der Waals surface area contributed by atoms with Gasteiger partial charge in [0.05, 0.1) is 12.3 Å². The van der Waals surface area contributed by atoms with Crippen LogP contribution in [0.25, 0.3) is 0 Å². The fraction of sp³-hybridized carbons (Fsp3) is 0.400. The Labute approximate surface area is 87.6 Å². The molecule has 2 nitrogen and oxygen atoms in total.